The minimum absolute atomic E-state index is 0.0972. The van der Waals surface area contributed by atoms with Crippen molar-refractivity contribution in [1.29, 1.82) is 0 Å². The minimum atomic E-state index is 0.0972. The van der Waals surface area contributed by atoms with Crippen LogP contribution in [-0.4, -0.2) is 46.8 Å². The third-order valence-corrected chi connectivity index (χ3v) is 3.43. The molecule has 4 nitrogen and oxygen atoms in total. The first kappa shape index (κ1) is 13.5. The lowest BCUT2D eigenvalue weighted by Gasteiger charge is -2.17. The first-order chi connectivity index (χ1) is 7.49. The third kappa shape index (κ3) is 4.53. The average Bonchev–Trinajstić information content (AvgIpc) is 2.45. The van der Waals surface area contributed by atoms with Gasteiger partial charge < -0.3 is 10.2 Å². The number of hydrogen-bond donors (Lipinski definition) is 1. The SMILES string of the molecule is CC(=O)SC1CC(=O)N(CCNC(C)C)C1. The summed E-state index contributed by atoms with van der Waals surface area (Å²) in [5, 5.41) is 3.53. The minimum Gasteiger partial charge on any atom is -0.340 e. The van der Waals surface area contributed by atoms with Crippen LogP contribution in [0.4, 0.5) is 0 Å². The Balaban J connectivity index is 2.28. The monoisotopic (exact) mass is 244 g/mol. The van der Waals surface area contributed by atoms with Crippen LogP contribution >= 0.6 is 11.8 Å². The van der Waals surface area contributed by atoms with E-state index >= 15 is 0 Å². The first-order valence-electron chi connectivity index (χ1n) is 5.67. The smallest absolute Gasteiger partial charge is 0.223 e. The van der Waals surface area contributed by atoms with Gasteiger partial charge in [0.05, 0.1) is 0 Å². The summed E-state index contributed by atoms with van der Waals surface area (Å²) < 4.78 is 0. The van der Waals surface area contributed by atoms with Gasteiger partial charge in [-0.05, 0) is 0 Å². The van der Waals surface area contributed by atoms with Gasteiger partial charge in [-0.25, -0.2) is 0 Å². The zero-order valence-corrected chi connectivity index (χ0v) is 11.0. The Morgan fingerprint density at radius 1 is 1.62 bits per heavy atom. The molecule has 16 heavy (non-hydrogen) atoms. The zero-order valence-electron chi connectivity index (χ0n) is 10.2. The van der Waals surface area contributed by atoms with Crippen LogP contribution in [0, 0.1) is 0 Å². The molecule has 0 bridgehead atoms. The van der Waals surface area contributed by atoms with Crippen molar-refractivity contribution >= 4 is 22.8 Å². The predicted molar refractivity (Wildman–Crippen MR) is 66.4 cm³/mol. The quantitative estimate of drug-likeness (QED) is 0.779. The second kappa shape index (κ2) is 6.25. The van der Waals surface area contributed by atoms with Crippen LogP contribution in [0.25, 0.3) is 0 Å². The summed E-state index contributed by atoms with van der Waals surface area (Å²) >= 11 is 1.29. The van der Waals surface area contributed by atoms with Crippen LogP contribution in [0.2, 0.25) is 0 Å². The van der Waals surface area contributed by atoms with E-state index in [-0.39, 0.29) is 16.3 Å². The molecular formula is C11H20N2O2S. The number of nitrogens with one attached hydrogen (secondary N) is 1. The topological polar surface area (TPSA) is 49.4 Å². The van der Waals surface area contributed by atoms with E-state index in [9.17, 15) is 9.59 Å². The molecule has 0 aromatic carbocycles. The molecule has 1 heterocycles. The molecule has 0 spiro atoms. The fourth-order valence-corrected chi connectivity index (χ4v) is 2.70. The van der Waals surface area contributed by atoms with Crippen LogP contribution in [0.3, 0.4) is 0 Å². The lowest BCUT2D eigenvalue weighted by atomic mass is 10.4. The van der Waals surface area contributed by atoms with Crippen LogP contribution in [0.1, 0.15) is 27.2 Å². The van der Waals surface area contributed by atoms with Gasteiger partial charge in [-0.15, -0.1) is 0 Å². The molecule has 0 saturated carbocycles. The van der Waals surface area contributed by atoms with E-state index in [1.165, 1.54) is 11.8 Å². The maximum absolute atomic E-state index is 11.6. The molecule has 1 aliphatic heterocycles. The molecule has 1 aliphatic rings. The summed E-state index contributed by atoms with van der Waals surface area (Å²) in [5.41, 5.74) is 0. The second-order valence-corrected chi connectivity index (χ2v) is 5.86. The van der Waals surface area contributed by atoms with Crippen molar-refractivity contribution in [3.8, 4) is 0 Å². The summed E-state index contributed by atoms with van der Waals surface area (Å²) in [6.07, 6.45) is 0.506. The summed E-state index contributed by atoms with van der Waals surface area (Å²) in [7, 11) is 0. The van der Waals surface area contributed by atoms with Gasteiger partial charge in [0.2, 0.25) is 5.91 Å². The Morgan fingerprint density at radius 2 is 2.31 bits per heavy atom. The molecule has 1 amide bonds. The second-order valence-electron chi connectivity index (χ2n) is 4.38. The third-order valence-electron chi connectivity index (χ3n) is 2.45. The molecule has 92 valence electrons. The molecule has 0 aromatic heterocycles. The molecule has 1 rings (SSSR count). The maximum Gasteiger partial charge on any atom is 0.223 e. The van der Waals surface area contributed by atoms with Gasteiger partial charge in [0, 0.05) is 44.3 Å². The summed E-state index contributed by atoms with van der Waals surface area (Å²) in [5.74, 6) is 0.171. The molecule has 1 unspecified atom stereocenters. The van der Waals surface area contributed by atoms with Gasteiger partial charge in [-0.1, -0.05) is 25.6 Å². The Bertz CT molecular complexity index is 269. The summed E-state index contributed by atoms with van der Waals surface area (Å²) in [4.78, 5) is 24.4. The summed E-state index contributed by atoms with van der Waals surface area (Å²) in [6.45, 7) is 7.99. The van der Waals surface area contributed by atoms with E-state index in [0.29, 0.717) is 19.0 Å². The fourth-order valence-electron chi connectivity index (χ4n) is 1.75. The van der Waals surface area contributed by atoms with Crippen molar-refractivity contribution in [2.24, 2.45) is 0 Å². The van der Waals surface area contributed by atoms with Crippen LogP contribution < -0.4 is 5.32 Å². The highest BCUT2D eigenvalue weighted by atomic mass is 32.2. The number of amides is 1. The van der Waals surface area contributed by atoms with Crippen molar-refractivity contribution in [1.82, 2.24) is 10.2 Å². The van der Waals surface area contributed by atoms with Gasteiger partial charge in [0.1, 0.15) is 0 Å². The number of hydrogen-bond acceptors (Lipinski definition) is 4. The largest absolute Gasteiger partial charge is 0.340 e. The standard InChI is InChI=1S/C11H20N2O2S/c1-8(2)12-4-5-13-7-10(6-11(13)15)16-9(3)14/h8,10,12H,4-7H2,1-3H3. The molecule has 0 aromatic rings. The Labute approximate surface area is 101 Å². The zero-order chi connectivity index (χ0) is 12.1. The van der Waals surface area contributed by atoms with Crippen molar-refractivity contribution in [2.75, 3.05) is 19.6 Å². The van der Waals surface area contributed by atoms with Gasteiger partial charge in [0.25, 0.3) is 0 Å². The molecule has 1 fully saturated rings. The first-order valence-corrected chi connectivity index (χ1v) is 6.55. The number of thioether (sulfide) groups is 1. The van der Waals surface area contributed by atoms with Crippen LogP contribution in [0.15, 0.2) is 0 Å². The van der Waals surface area contributed by atoms with Gasteiger partial charge in [-0.2, -0.15) is 0 Å². The highest BCUT2D eigenvalue weighted by Crippen LogP contribution is 2.23. The van der Waals surface area contributed by atoms with E-state index in [0.717, 1.165) is 13.1 Å². The molecule has 0 aliphatic carbocycles. The molecule has 0 radical (unpaired) electrons. The highest BCUT2D eigenvalue weighted by Gasteiger charge is 2.30. The van der Waals surface area contributed by atoms with E-state index < -0.39 is 0 Å². The van der Waals surface area contributed by atoms with Crippen LogP contribution in [-0.2, 0) is 9.59 Å². The lowest BCUT2D eigenvalue weighted by molar-refractivity contribution is -0.127. The number of nitrogens with zero attached hydrogens (tertiary/aromatic N) is 1. The fraction of sp³-hybridized carbons (Fsp3) is 0.818. The van der Waals surface area contributed by atoms with E-state index in [1.54, 1.807) is 6.92 Å². The number of carbonyl (C=O) groups excluding carboxylic acids is 2. The van der Waals surface area contributed by atoms with Crippen LogP contribution in [0.5, 0.6) is 0 Å². The average molecular weight is 244 g/mol. The molecule has 5 heteroatoms. The van der Waals surface area contributed by atoms with Crippen molar-refractivity contribution in [2.45, 2.75) is 38.5 Å². The number of likely N-dealkylation sites (tertiary alicyclic amines) is 1. The number of carbonyl (C=O) groups is 2. The van der Waals surface area contributed by atoms with Gasteiger partial charge in [-0.3, -0.25) is 9.59 Å². The van der Waals surface area contributed by atoms with Crippen molar-refractivity contribution < 1.29 is 9.59 Å². The molecule has 1 N–H and O–H groups in total. The van der Waals surface area contributed by atoms with Crippen molar-refractivity contribution in [3.05, 3.63) is 0 Å². The Kier molecular flexibility index (Phi) is 5.28. The molecular weight excluding hydrogens is 224 g/mol. The molecule has 1 atom stereocenters. The predicted octanol–water partition coefficient (Wildman–Crippen LogP) is 0.865. The maximum atomic E-state index is 11.6. The normalized spacial score (nSPS) is 20.9. The molecule has 1 saturated heterocycles. The highest BCUT2D eigenvalue weighted by molar-refractivity contribution is 8.14. The van der Waals surface area contributed by atoms with E-state index in [4.69, 9.17) is 0 Å². The Hall–Kier alpha value is -0.550. The van der Waals surface area contributed by atoms with E-state index in [2.05, 4.69) is 19.2 Å². The number of rotatable bonds is 5. The van der Waals surface area contributed by atoms with Gasteiger partial charge in [0.15, 0.2) is 5.12 Å². The summed E-state index contributed by atoms with van der Waals surface area (Å²) in [6, 6.07) is 0.445. The Morgan fingerprint density at radius 3 is 2.88 bits per heavy atom. The van der Waals surface area contributed by atoms with Gasteiger partial charge >= 0.3 is 0 Å². The lowest BCUT2D eigenvalue weighted by Crippen LogP contribution is -2.35. The van der Waals surface area contributed by atoms with E-state index in [1.807, 2.05) is 4.90 Å². The van der Waals surface area contributed by atoms with Crippen molar-refractivity contribution in [3.63, 3.8) is 0 Å².